The van der Waals surface area contributed by atoms with Gasteiger partial charge < -0.3 is 5.32 Å². The Morgan fingerprint density at radius 1 is 1.30 bits per heavy atom. The van der Waals surface area contributed by atoms with E-state index in [0.717, 1.165) is 27.2 Å². The molecule has 0 aliphatic rings. The number of imidazole rings is 1. The molecule has 4 nitrogen and oxygen atoms in total. The van der Waals surface area contributed by atoms with Gasteiger partial charge in [0.1, 0.15) is 4.60 Å². The Morgan fingerprint density at radius 2 is 2.20 bits per heavy atom. The van der Waals surface area contributed by atoms with E-state index in [-0.39, 0.29) is 0 Å². The summed E-state index contributed by atoms with van der Waals surface area (Å²) in [4.78, 5) is 8.47. The highest BCUT2D eigenvalue weighted by atomic mass is 79.9. The van der Waals surface area contributed by atoms with E-state index in [1.807, 2.05) is 41.1 Å². The van der Waals surface area contributed by atoms with Crippen LogP contribution in [0.2, 0.25) is 0 Å². The van der Waals surface area contributed by atoms with Crippen molar-refractivity contribution in [1.29, 1.82) is 0 Å². The van der Waals surface area contributed by atoms with Crippen molar-refractivity contribution in [3.8, 4) is 12.3 Å². The Hall–Kier alpha value is -2.32. The number of terminal acetylenes is 1. The van der Waals surface area contributed by atoms with Gasteiger partial charge in [0.25, 0.3) is 0 Å². The van der Waals surface area contributed by atoms with E-state index in [1.165, 1.54) is 0 Å². The van der Waals surface area contributed by atoms with Gasteiger partial charge in [-0.1, -0.05) is 12.0 Å². The molecule has 0 amide bonds. The second-order valence-corrected chi connectivity index (χ2v) is 5.08. The van der Waals surface area contributed by atoms with Gasteiger partial charge in [-0.25, -0.2) is 9.97 Å². The summed E-state index contributed by atoms with van der Waals surface area (Å²) in [6.45, 7) is 0.658. The van der Waals surface area contributed by atoms with Gasteiger partial charge in [-0.05, 0) is 34.1 Å². The van der Waals surface area contributed by atoms with Gasteiger partial charge in [0, 0.05) is 17.4 Å². The van der Waals surface area contributed by atoms with Crippen LogP contribution in [0.15, 0.2) is 47.5 Å². The Labute approximate surface area is 125 Å². The first-order valence-corrected chi connectivity index (χ1v) is 6.83. The van der Waals surface area contributed by atoms with Crippen LogP contribution >= 0.6 is 15.9 Å². The molecule has 3 aromatic rings. The van der Waals surface area contributed by atoms with Crippen LogP contribution in [0.3, 0.4) is 0 Å². The molecule has 0 unspecified atom stereocenters. The molecule has 0 bridgehead atoms. The monoisotopic (exact) mass is 326 g/mol. The number of hydrogen-bond acceptors (Lipinski definition) is 3. The molecule has 2 heterocycles. The van der Waals surface area contributed by atoms with Crippen LogP contribution in [0.1, 0.15) is 11.3 Å². The minimum Gasteiger partial charge on any atom is -0.379 e. The maximum atomic E-state index is 5.40. The van der Waals surface area contributed by atoms with Crippen LogP contribution in [0, 0.1) is 12.3 Å². The first-order valence-electron chi connectivity index (χ1n) is 6.04. The standard InChI is InChI=1S/C15H11BrN4/c1-2-11-4-3-5-12(6-11)17-7-13-8-19-15-9-18-14(16)10-20(13)15/h1,3-6,8-10,17H,7H2. The number of aromatic nitrogens is 3. The Balaban J connectivity index is 1.83. The molecule has 0 aliphatic heterocycles. The molecule has 0 atom stereocenters. The minimum atomic E-state index is 0.658. The lowest BCUT2D eigenvalue weighted by atomic mass is 10.2. The first-order chi connectivity index (χ1) is 9.76. The summed E-state index contributed by atoms with van der Waals surface area (Å²) < 4.78 is 2.77. The maximum absolute atomic E-state index is 5.40. The molecule has 0 spiro atoms. The third kappa shape index (κ3) is 2.51. The summed E-state index contributed by atoms with van der Waals surface area (Å²) in [6.07, 6.45) is 10.9. The van der Waals surface area contributed by atoms with Crippen LogP contribution in [0.5, 0.6) is 0 Å². The number of benzene rings is 1. The van der Waals surface area contributed by atoms with E-state index in [2.05, 4.69) is 37.1 Å². The number of halogens is 1. The zero-order valence-corrected chi connectivity index (χ0v) is 12.1. The SMILES string of the molecule is C#Cc1cccc(NCc2cnc3cnc(Br)cn23)c1. The zero-order chi connectivity index (χ0) is 13.9. The van der Waals surface area contributed by atoms with Crippen molar-refractivity contribution in [3.05, 3.63) is 58.7 Å². The lowest BCUT2D eigenvalue weighted by Gasteiger charge is -2.07. The van der Waals surface area contributed by atoms with Crippen molar-refractivity contribution in [3.63, 3.8) is 0 Å². The Kier molecular flexibility index (Phi) is 3.40. The Bertz CT molecular complexity index is 801. The molecule has 2 aromatic heterocycles. The lowest BCUT2D eigenvalue weighted by Crippen LogP contribution is -2.03. The molecule has 5 heteroatoms. The van der Waals surface area contributed by atoms with E-state index in [4.69, 9.17) is 6.42 Å². The number of nitrogens with one attached hydrogen (secondary N) is 1. The molecule has 1 aromatic carbocycles. The summed E-state index contributed by atoms with van der Waals surface area (Å²) in [6, 6.07) is 7.77. The lowest BCUT2D eigenvalue weighted by molar-refractivity contribution is 0.983. The summed E-state index contributed by atoms with van der Waals surface area (Å²) in [5.74, 6) is 2.63. The quantitative estimate of drug-likeness (QED) is 0.752. The molecular formula is C15H11BrN4. The van der Waals surface area contributed by atoms with Crippen molar-refractivity contribution in [2.75, 3.05) is 5.32 Å². The molecule has 0 saturated carbocycles. The van der Waals surface area contributed by atoms with E-state index in [0.29, 0.717) is 6.54 Å². The summed E-state index contributed by atoms with van der Waals surface area (Å²) in [7, 11) is 0. The number of fused-ring (bicyclic) bond motifs is 1. The van der Waals surface area contributed by atoms with Gasteiger partial charge in [-0.15, -0.1) is 6.42 Å². The van der Waals surface area contributed by atoms with Crippen molar-refractivity contribution >= 4 is 27.3 Å². The Morgan fingerprint density at radius 3 is 3.05 bits per heavy atom. The van der Waals surface area contributed by atoms with Crippen LogP contribution < -0.4 is 5.32 Å². The summed E-state index contributed by atoms with van der Waals surface area (Å²) >= 11 is 3.36. The minimum absolute atomic E-state index is 0.658. The molecule has 20 heavy (non-hydrogen) atoms. The zero-order valence-electron chi connectivity index (χ0n) is 10.5. The topological polar surface area (TPSA) is 42.2 Å². The molecule has 0 fully saturated rings. The predicted molar refractivity (Wildman–Crippen MR) is 82.4 cm³/mol. The van der Waals surface area contributed by atoms with Gasteiger partial charge in [0.2, 0.25) is 0 Å². The highest BCUT2D eigenvalue weighted by Crippen LogP contribution is 2.14. The van der Waals surface area contributed by atoms with Crippen LogP contribution in [-0.4, -0.2) is 14.4 Å². The van der Waals surface area contributed by atoms with Crippen molar-refractivity contribution in [2.45, 2.75) is 6.54 Å². The second kappa shape index (κ2) is 5.35. The van der Waals surface area contributed by atoms with Gasteiger partial charge in [-0.3, -0.25) is 4.40 Å². The van der Waals surface area contributed by atoms with Crippen LogP contribution in [0.4, 0.5) is 5.69 Å². The number of anilines is 1. The number of rotatable bonds is 3. The molecule has 0 radical (unpaired) electrons. The average molecular weight is 327 g/mol. The van der Waals surface area contributed by atoms with Crippen molar-refractivity contribution in [2.24, 2.45) is 0 Å². The van der Waals surface area contributed by atoms with E-state index in [1.54, 1.807) is 6.20 Å². The fourth-order valence-electron chi connectivity index (χ4n) is 1.96. The largest absolute Gasteiger partial charge is 0.379 e. The van der Waals surface area contributed by atoms with Gasteiger partial charge >= 0.3 is 0 Å². The van der Waals surface area contributed by atoms with Crippen LogP contribution in [0.25, 0.3) is 5.65 Å². The fraction of sp³-hybridized carbons (Fsp3) is 0.0667. The van der Waals surface area contributed by atoms with Crippen LogP contribution in [-0.2, 0) is 6.54 Å². The summed E-state index contributed by atoms with van der Waals surface area (Å²) in [5.41, 5.74) is 3.72. The highest BCUT2D eigenvalue weighted by Gasteiger charge is 2.04. The molecule has 0 aliphatic carbocycles. The normalized spacial score (nSPS) is 10.4. The molecule has 3 rings (SSSR count). The van der Waals surface area contributed by atoms with Crippen molar-refractivity contribution in [1.82, 2.24) is 14.4 Å². The third-order valence-electron chi connectivity index (χ3n) is 2.94. The number of hydrogen-bond donors (Lipinski definition) is 1. The van der Waals surface area contributed by atoms with Gasteiger partial charge in [-0.2, -0.15) is 0 Å². The van der Waals surface area contributed by atoms with Gasteiger partial charge in [0.15, 0.2) is 5.65 Å². The van der Waals surface area contributed by atoms with E-state index in [9.17, 15) is 0 Å². The number of nitrogens with zero attached hydrogens (tertiary/aromatic N) is 3. The second-order valence-electron chi connectivity index (χ2n) is 4.27. The molecule has 0 saturated heterocycles. The fourth-order valence-corrected chi connectivity index (χ4v) is 2.27. The predicted octanol–water partition coefficient (Wildman–Crippen LogP) is 3.09. The van der Waals surface area contributed by atoms with E-state index < -0.39 is 0 Å². The highest BCUT2D eigenvalue weighted by molar-refractivity contribution is 9.10. The average Bonchev–Trinajstić information content (AvgIpc) is 2.87. The third-order valence-corrected chi connectivity index (χ3v) is 3.35. The first kappa shape index (κ1) is 12.7. The molecule has 1 N–H and O–H groups in total. The van der Waals surface area contributed by atoms with Crippen molar-refractivity contribution < 1.29 is 0 Å². The smallest absolute Gasteiger partial charge is 0.155 e. The maximum Gasteiger partial charge on any atom is 0.155 e. The summed E-state index contributed by atoms with van der Waals surface area (Å²) in [5, 5.41) is 3.34. The van der Waals surface area contributed by atoms with Gasteiger partial charge in [0.05, 0.1) is 24.6 Å². The molecule has 98 valence electrons. The van der Waals surface area contributed by atoms with E-state index >= 15 is 0 Å². The molecular weight excluding hydrogens is 316 g/mol.